The van der Waals surface area contributed by atoms with Crippen LogP contribution in [-0.2, 0) is 0 Å². The summed E-state index contributed by atoms with van der Waals surface area (Å²) in [4.78, 5) is 29.4. The molecule has 1 aliphatic rings. The number of anilines is 2. The third-order valence-electron chi connectivity index (χ3n) is 6.88. The van der Waals surface area contributed by atoms with Crippen LogP contribution in [0.3, 0.4) is 0 Å². The molecule has 5 rings (SSSR count). The van der Waals surface area contributed by atoms with Crippen molar-refractivity contribution in [1.29, 1.82) is 0 Å². The molecule has 0 aliphatic carbocycles. The molecule has 2 aromatic heterocycles. The highest BCUT2D eigenvalue weighted by Crippen LogP contribution is 2.35. The number of hydrogen-bond acceptors (Lipinski definition) is 7. The fourth-order valence-electron chi connectivity index (χ4n) is 4.70. The van der Waals surface area contributed by atoms with Crippen LogP contribution >= 0.6 is 0 Å². The number of fused-ring (bicyclic) bond motifs is 1. The number of hydrogen-bond donors (Lipinski definition) is 2. The Morgan fingerprint density at radius 3 is 2.57 bits per heavy atom. The molecular formula is C27H30N4O4. The molecule has 2 aromatic carbocycles. The fraction of sp³-hybridized carbons (Fsp3) is 0.370. The van der Waals surface area contributed by atoms with Gasteiger partial charge in [0.15, 0.2) is 17.1 Å². The quantitative estimate of drug-likeness (QED) is 0.407. The number of H-pyrrole nitrogens is 1. The normalized spacial score (nSPS) is 16.4. The van der Waals surface area contributed by atoms with Gasteiger partial charge in [0, 0.05) is 36.0 Å². The lowest BCUT2D eigenvalue weighted by atomic mass is 9.83. The monoisotopic (exact) mass is 474 g/mol. The highest BCUT2D eigenvalue weighted by Gasteiger charge is 2.27. The van der Waals surface area contributed by atoms with Gasteiger partial charge in [-0.25, -0.2) is 4.79 Å². The summed E-state index contributed by atoms with van der Waals surface area (Å²) in [5, 5.41) is 7.90. The Morgan fingerprint density at radius 2 is 1.86 bits per heavy atom. The van der Waals surface area contributed by atoms with Crippen LogP contribution < -0.4 is 21.4 Å². The number of para-hydroxylation sites is 1. The van der Waals surface area contributed by atoms with E-state index in [4.69, 9.17) is 8.94 Å². The van der Waals surface area contributed by atoms with Crippen molar-refractivity contribution in [2.75, 3.05) is 23.3 Å². The molecule has 0 unspecified atom stereocenters. The Kier molecular flexibility index (Phi) is 5.75. The van der Waals surface area contributed by atoms with Crippen LogP contribution in [0.5, 0.6) is 0 Å². The Morgan fingerprint density at radius 1 is 1.11 bits per heavy atom. The molecule has 2 N–H and O–H groups in total. The van der Waals surface area contributed by atoms with E-state index in [9.17, 15) is 9.59 Å². The van der Waals surface area contributed by atoms with Gasteiger partial charge < -0.3 is 14.6 Å². The van der Waals surface area contributed by atoms with E-state index in [1.807, 2.05) is 50.2 Å². The predicted octanol–water partition coefficient (Wildman–Crippen LogP) is 5.24. The zero-order chi connectivity index (χ0) is 24.7. The second-order valence-corrected chi connectivity index (χ2v) is 10.2. The standard InChI is InChI=1S/C27H30N4O4/c1-16-13-19(17(2)28-21-8-6-5-7-18(21)25-29-26(33)35-30-25)24-20(14-16)22(32)15-23(34-24)31-11-9-27(3,4)10-12-31/h5-8,13-15,17,28H,9-12H2,1-4H3,(H,29,30,33)/t17-/m1/s1. The number of benzene rings is 2. The number of nitrogens with zero attached hydrogens (tertiary/aromatic N) is 2. The maximum Gasteiger partial charge on any atom is 0.439 e. The molecule has 8 nitrogen and oxygen atoms in total. The lowest BCUT2D eigenvalue weighted by molar-refractivity contribution is 0.274. The highest BCUT2D eigenvalue weighted by molar-refractivity contribution is 5.83. The van der Waals surface area contributed by atoms with Crippen LogP contribution in [0.25, 0.3) is 22.4 Å². The third kappa shape index (κ3) is 4.60. The van der Waals surface area contributed by atoms with Crippen LogP contribution in [0.4, 0.5) is 11.6 Å². The van der Waals surface area contributed by atoms with Gasteiger partial charge in [0.05, 0.1) is 11.4 Å². The first-order valence-corrected chi connectivity index (χ1v) is 12.0. The third-order valence-corrected chi connectivity index (χ3v) is 6.88. The van der Waals surface area contributed by atoms with Gasteiger partial charge in [0.25, 0.3) is 0 Å². The van der Waals surface area contributed by atoms with Crippen LogP contribution in [0, 0.1) is 12.3 Å². The molecule has 1 saturated heterocycles. The van der Waals surface area contributed by atoms with E-state index < -0.39 is 5.76 Å². The van der Waals surface area contributed by atoms with Gasteiger partial charge >= 0.3 is 5.76 Å². The molecule has 0 spiro atoms. The first-order valence-electron chi connectivity index (χ1n) is 12.0. The maximum absolute atomic E-state index is 13.1. The summed E-state index contributed by atoms with van der Waals surface area (Å²) in [6.07, 6.45) is 2.10. The second-order valence-electron chi connectivity index (χ2n) is 10.2. The average molecular weight is 475 g/mol. The van der Waals surface area contributed by atoms with Gasteiger partial charge in [-0.1, -0.05) is 37.2 Å². The summed E-state index contributed by atoms with van der Waals surface area (Å²) in [5.41, 5.74) is 4.21. The van der Waals surface area contributed by atoms with Crippen molar-refractivity contribution in [3.05, 3.63) is 74.4 Å². The summed E-state index contributed by atoms with van der Waals surface area (Å²) < 4.78 is 11.1. The molecule has 3 heterocycles. The van der Waals surface area contributed by atoms with Crippen LogP contribution in [0.2, 0.25) is 0 Å². The molecule has 0 radical (unpaired) electrons. The number of rotatable bonds is 5. The van der Waals surface area contributed by atoms with Crippen molar-refractivity contribution in [2.24, 2.45) is 5.41 Å². The molecular weight excluding hydrogens is 444 g/mol. The van der Waals surface area contributed by atoms with Crippen LogP contribution in [-0.4, -0.2) is 23.2 Å². The molecule has 182 valence electrons. The summed E-state index contributed by atoms with van der Waals surface area (Å²) in [5.74, 6) is 0.361. The van der Waals surface area contributed by atoms with E-state index in [0.717, 1.165) is 42.7 Å². The summed E-state index contributed by atoms with van der Waals surface area (Å²) >= 11 is 0. The van der Waals surface area contributed by atoms with Crippen molar-refractivity contribution in [1.82, 2.24) is 10.1 Å². The Bertz CT molecular complexity index is 1490. The molecule has 35 heavy (non-hydrogen) atoms. The minimum atomic E-state index is -0.608. The predicted molar refractivity (Wildman–Crippen MR) is 137 cm³/mol. The number of piperidine rings is 1. The minimum Gasteiger partial charge on any atom is -0.440 e. The van der Waals surface area contributed by atoms with Crippen molar-refractivity contribution >= 4 is 22.5 Å². The molecule has 0 bridgehead atoms. The molecule has 4 aromatic rings. The number of aromatic nitrogens is 2. The highest BCUT2D eigenvalue weighted by atomic mass is 16.5. The zero-order valence-corrected chi connectivity index (χ0v) is 20.5. The van der Waals surface area contributed by atoms with Crippen molar-refractivity contribution < 1.29 is 8.94 Å². The van der Waals surface area contributed by atoms with E-state index in [1.54, 1.807) is 6.07 Å². The fourth-order valence-corrected chi connectivity index (χ4v) is 4.70. The largest absolute Gasteiger partial charge is 0.440 e. The van der Waals surface area contributed by atoms with Gasteiger partial charge in [0.1, 0.15) is 5.58 Å². The summed E-state index contributed by atoms with van der Waals surface area (Å²) in [7, 11) is 0. The summed E-state index contributed by atoms with van der Waals surface area (Å²) in [6, 6.07) is 12.9. The molecule has 1 fully saturated rings. The van der Waals surface area contributed by atoms with E-state index in [0.29, 0.717) is 33.7 Å². The lowest BCUT2D eigenvalue weighted by Crippen LogP contribution is -2.37. The first kappa shape index (κ1) is 23.0. The smallest absolute Gasteiger partial charge is 0.439 e. The van der Waals surface area contributed by atoms with E-state index >= 15 is 0 Å². The number of aromatic amines is 1. The van der Waals surface area contributed by atoms with Gasteiger partial charge in [-0.3, -0.25) is 14.3 Å². The summed E-state index contributed by atoms with van der Waals surface area (Å²) in [6.45, 7) is 10.3. The van der Waals surface area contributed by atoms with Gasteiger partial charge in [-0.2, -0.15) is 0 Å². The Hall–Kier alpha value is -3.81. The molecule has 1 atom stereocenters. The van der Waals surface area contributed by atoms with E-state index in [1.165, 1.54) is 0 Å². The molecule has 8 heteroatoms. The van der Waals surface area contributed by atoms with E-state index in [-0.39, 0.29) is 11.5 Å². The van der Waals surface area contributed by atoms with E-state index in [2.05, 4.69) is 34.2 Å². The lowest BCUT2D eigenvalue weighted by Gasteiger charge is -2.37. The first-order chi connectivity index (χ1) is 16.7. The second kappa shape index (κ2) is 8.76. The van der Waals surface area contributed by atoms with Crippen molar-refractivity contribution in [3.8, 4) is 11.4 Å². The molecule has 1 aliphatic heterocycles. The SMILES string of the molecule is Cc1cc([C@@H](C)Nc2ccccc2-c2noc(=O)[nH]2)c2oc(N3CCC(C)(C)CC3)cc(=O)c2c1. The Balaban J connectivity index is 1.53. The molecule has 0 amide bonds. The van der Waals surface area contributed by atoms with Crippen LogP contribution in [0.1, 0.15) is 50.8 Å². The number of nitrogens with one attached hydrogen (secondary N) is 2. The topological polar surface area (TPSA) is 104 Å². The molecule has 0 saturated carbocycles. The minimum absolute atomic E-state index is 0.0381. The van der Waals surface area contributed by atoms with Gasteiger partial charge in [-0.05, 0) is 55.9 Å². The van der Waals surface area contributed by atoms with Gasteiger partial charge in [0.2, 0.25) is 0 Å². The van der Waals surface area contributed by atoms with Gasteiger partial charge in [-0.15, -0.1) is 0 Å². The Labute approximate surface area is 202 Å². The van der Waals surface area contributed by atoms with Crippen molar-refractivity contribution in [2.45, 2.75) is 46.6 Å². The van der Waals surface area contributed by atoms with Crippen molar-refractivity contribution in [3.63, 3.8) is 0 Å². The average Bonchev–Trinajstić information content (AvgIpc) is 3.25. The number of aryl methyl sites for hydroxylation is 1. The maximum atomic E-state index is 13.1. The van der Waals surface area contributed by atoms with Crippen LogP contribution in [0.15, 0.2) is 61.0 Å². The zero-order valence-electron chi connectivity index (χ0n) is 20.5.